The van der Waals surface area contributed by atoms with Gasteiger partial charge in [-0.25, -0.2) is 4.79 Å². The zero-order valence-corrected chi connectivity index (χ0v) is 40.8. The lowest BCUT2D eigenvalue weighted by Crippen LogP contribution is -2.61. The van der Waals surface area contributed by atoms with Crippen molar-refractivity contribution in [3.63, 3.8) is 0 Å². The van der Waals surface area contributed by atoms with Crippen molar-refractivity contribution in [1.29, 1.82) is 0 Å². The quantitative estimate of drug-likeness (QED) is 0.0306. The summed E-state index contributed by atoms with van der Waals surface area (Å²) in [6, 6.07) is -12.8. The van der Waals surface area contributed by atoms with Crippen molar-refractivity contribution >= 4 is 65.0 Å². The van der Waals surface area contributed by atoms with E-state index < -0.39 is 157 Å². The lowest BCUT2D eigenvalue weighted by Gasteiger charge is -2.30. The van der Waals surface area contributed by atoms with Crippen molar-refractivity contribution in [2.75, 3.05) is 6.61 Å². The predicted molar refractivity (Wildman–Crippen MR) is 246 cm³/mol. The van der Waals surface area contributed by atoms with Crippen LogP contribution in [0.15, 0.2) is 0 Å². The number of aliphatic hydroxyl groups is 2. The molecule has 0 fully saturated rings. The van der Waals surface area contributed by atoms with Gasteiger partial charge < -0.3 is 75.1 Å². The van der Waals surface area contributed by atoms with Gasteiger partial charge in [-0.3, -0.25) is 47.9 Å². The molecule has 25 nitrogen and oxygen atoms in total. The number of carbonyl (C=O) groups excluding carboxylic acids is 10. The summed E-state index contributed by atoms with van der Waals surface area (Å²) in [5, 5.41) is 48.7. The molecule has 0 aliphatic rings. The zero-order chi connectivity index (χ0) is 52.7. The van der Waals surface area contributed by atoms with Crippen molar-refractivity contribution in [2.24, 2.45) is 40.9 Å². The highest BCUT2D eigenvalue weighted by Crippen LogP contribution is 2.14. The average Bonchev–Trinajstić information content (AvgIpc) is 3.24. The monoisotopic (exact) mass is 972 g/mol. The van der Waals surface area contributed by atoms with E-state index in [0.717, 1.165) is 0 Å². The molecule has 0 radical (unpaired) electrons. The van der Waals surface area contributed by atoms with Crippen LogP contribution < -0.4 is 59.7 Å². The second-order valence-corrected chi connectivity index (χ2v) is 18.0. The van der Waals surface area contributed by atoms with Gasteiger partial charge in [-0.1, -0.05) is 68.2 Å². The van der Waals surface area contributed by atoms with Crippen LogP contribution in [0.1, 0.15) is 114 Å². The van der Waals surface area contributed by atoms with Crippen molar-refractivity contribution in [2.45, 2.75) is 175 Å². The molecule has 0 bridgehead atoms. The molecule has 10 amide bonds. The normalized spacial score (nSPS) is 16.6. The van der Waals surface area contributed by atoms with Gasteiger partial charge in [0.1, 0.15) is 48.3 Å². The summed E-state index contributed by atoms with van der Waals surface area (Å²) in [6.07, 6.45) is -2.08. The Kier molecular flexibility index (Phi) is 27.8. The maximum Gasteiger partial charge on any atom is 0.328 e. The maximum absolute atomic E-state index is 13.9. The van der Waals surface area contributed by atoms with E-state index in [1.807, 2.05) is 0 Å². The van der Waals surface area contributed by atoms with Crippen molar-refractivity contribution in [3.8, 4) is 0 Å². The van der Waals surface area contributed by atoms with Crippen LogP contribution in [0.5, 0.6) is 0 Å². The topological polar surface area (TPSA) is 423 Å². The second-order valence-electron chi connectivity index (χ2n) is 18.0. The standard InChI is InChI=1S/C43H77N11O14/c1-11-21(7)32(40(64)51-29(18-55)43(67)68)53-41(65)33(22(8)12-2)52-35(59)23(9)47-38(62)27(15-19(3)4)49-37(61)26(13-14-30(45)57)48-39(63)28(16-20(5)6)50-42(66)34(24(10)56)54-36(60)25(44)17-31(46)58/h19-29,32-34,55-56H,11-18,44H2,1-10H3,(H2,45,57)(H2,46,58)(H,47,62)(H,48,63)(H,49,61)(H,50,66)(H,51,64)(H,52,59)(H,53,65)(H,54,60)(H,67,68)/t21-,22-,23-,24+,25-,26-,27-,28-,29-,32-,33-,34-/m0/s1. The summed E-state index contributed by atoms with van der Waals surface area (Å²) in [5.41, 5.74) is 16.2. The molecular weight excluding hydrogens is 895 g/mol. The van der Waals surface area contributed by atoms with Crippen LogP contribution in [0, 0.1) is 23.7 Å². The smallest absolute Gasteiger partial charge is 0.328 e. The van der Waals surface area contributed by atoms with Gasteiger partial charge in [0.05, 0.1) is 25.2 Å². The highest BCUT2D eigenvalue weighted by atomic mass is 16.4. The number of carboxylic acids is 1. The molecule has 0 heterocycles. The van der Waals surface area contributed by atoms with Gasteiger partial charge in [-0.05, 0) is 56.8 Å². The Morgan fingerprint density at radius 3 is 1.28 bits per heavy atom. The van der Waals surface area contributed by atoms with Gasteiger partial charge >= 0.3 is 5.97 Å². The molecule has 0 spiro atoms. The maximum atomic E-state index is 13.9. The van der Waals surface area contributed by atoms with Crippen LogP contribution in [-0.4, -0.2) is 147 Å². The number of nitrogens with one attached hydrogen (secondary N) is 8. The Hall–Kier alpha value is -5.95. The molecule has 0 unspecified atom stereocenters. The van der Waals surface area contributed by atoms with Gasteiger partial charge in [0.15, 0.2) is 0 Å². The lowest BCUT2D eigenvalue weighted by atomic mass is 9.94. The minimum Gasteiger partial charge on any atom is -0.480 e. The highest BCUT2D eigenvalue weighted by molar-refractivity contribution is 5.98. The number of aliphatic hydroxyl groups excluding tert-OH is 2. The number of carboxylic acid groups (broad SMARTS) is 1. The van der Waals surface area contributed by atoms with Gasteiger partial charge in [-0.15, -0.1) is 0 Å². The fourth-order valence-electron chi connectivity index (χ4n) is 6.49. The first kappa shape index (κ1) is 62.1. The summed E-state index contributed by atoms with van der Waals surface area (Å²) in [7, 11) is 0. The molecule has 68 heavy (non-hydrogen) atoms. The van der Waals surface area contributed by atoms with E-state index in [9.17, 15) is 68.1 Å². The summed E-state index contributed by atoms with van der Waals surface area (Å²) in [5.74, 6) is -11.9. The number of hydrogen-bond donors (Lipinski definition) is 14. The van der Waals surface area contributed by atoms with E-state index in [1.165, 1.54) is 13.8 Å². The third-order valence-corrected chi connectivity index (χ3v) is 10.9. The highest BCUT2D eigenvalue weighted by Gasteiger charge is 2.37. The number of nitrogens with two attached hydrogens (primary N) is 3. The summed E-state index contributed by atoms with van der Waals surface area (Å²) in [4.78, 5) is 142. The first-order chi connectivity index (χ1) is 31.5. The predicted octanol–water partition coefficient (Wildman–Crippen LogP) is -4.01. The van der Waals surface area contributed by atoms with E-state index in [0.29, 0.717) is 12.8 Å². The van der Waals surface area contributed by atoms with Crippen LogP contribution in [-0.2, 0) is 52.7 Å². The van der Waals surface area contributed by atoms with Crippen molar-refractivity contribution < 1.29 is 68.1 Å². The zero-order valence-electron chi connectivity index (χ0n) is 40.8. The fraction of sp³-hybridized carbons (Fsp3) is 0.744. The number of carbonyl (C=O) groups is 11. The molecule has 0 aromatic carbocycles. The van der Waals surface area contributed by atoms with Gasteiger partial charge in [0.2, 0.25) is 59.1 Å². The minimum absolute atomic E-state index is 0.0139. The first-order valence-electron chi connectivity index (χ1n) is 22.8. The third-order valence-electron chi connectivity index (χ3n) is 10.9. The Morgan fingerprint density at radius 2 is 0.868 bits per heavy atom. The minimum atomic E-state index is -1.65. The van der Waals surface area contributed by atoms with Gasteiger partial charge in [-0.2, -0.15) is 0 Å². The van der Waals surface area contributed by atoms with Crippen LogP contribution in [0.2, 0.25) is 0 Å². The van der Waals surface area contributed by atoms with E-state index in [2.05, 4.69) is 42.5 Å². The van der Waals surface area contributed by atoms with Crippen LogP contribution >= 0.6 is 0 Å². The first-order valence-corrected chi connectivity index (χ1v) is 22.8. The SMILES string of the molecule is CC[C@H](C)[C@H](NC(=O)[C@H](C)NC(=O)[C@H](CC(C)C)NC(=O)[C@H](CCC(N)=O)NC(=O)[C@H](CC(C)C)NC(=O)[C@@H](NC(=O)[C@@H](N)CC(N)=O)[C@@H](C)O)C(=O)N[C@H](C(=O)N[C@@H](CO)C(=O)O)[C@@H](C)CC. The Morgan fingerprint density at radius 1 is 0.485 bits per heavy atom. The van der Waals surface area contributed by atoms with E-state index in [-0.39, 0.29) is 31.1 Å². The fourth-order valence-corrected chi connectivity index (χ4v) is 6.49. The molecule has 17 N–H and O–H groups in total. The molecule has 0 aromatic heterocycles. The van der Waals surface area contributed by atoms with Gasteiger partial charge in [0.25, 0.3) is 0 Å². The molecular formula is C43H77N11O14. The molecule has 12 atom stereocenters. The van der Waals surface area contributed by atoms with E-state index in [1.54, 1.807) is 55.4 Å². The van der Waals surface area contributed by atoms with Crippen molar-refractivity contribution in [3.05, 3.63) is 0 Å². The number of amides is 10. The van der Waals surface area contributed by atoms with Crippen LogP contribution in [0.3, 0.4) is 0 Å². The van der Waals surface area contributed by atoms with Crippen LogP contribution in [0.25, 0.3) is 0 Å². The molecule has 0 rings (SSSR count). The second kappa shape index (κ2) is 30.4. The molecule has 0 aliphatic heterocycles. The largest absolute Gasteiger partial charge is 0.480 e. The van der Waals surface area contributed by atoms with Crippen molar-refractivity contribution in [1.82, 2.24) is 42.5 Å². The molecule has 0 aromatic rings. The number of rotatable bonds is 32. The average molecular weight is 972 g/mol. The van der Waals surface area contributed by atoms with Crippen LogP contribution in [0.4, 0.5) is 0 Å². The summed E-state index contributed by atoms with van der Waals surface area (Å²) >= 11 is 0. The Labute approximate surface area is 397 Å². The third kappa shape index (κ3) is 22.2. The number of hydrogen-bond acceptors (Lipinski definition) is 14. The molecule has 0 saturated heterocycles. The van der Waals surface area contributed by atoms with E-state index >= 15 is 0 Å². The number of primary amides is 2. The Balaban J connectivity index is 6.42. The molecule has 0 aliphatic carbocycles. The Bertz CT molecular complexity index is 1760. The lowest BCUT2D eigenvalue weighted by molar-refractivity contribution is -0.143. The molecule has 388 valence electrons. The van der Waals surface area contributed by atoms with Gasteiger partial charge in [0, 0.05) is 6.42 Å². The van der Waals surface area contributed by atoms with E-state index in [4.69, 9.17) is 17.2 Å². The summed E-state index contributed by atoms with van der Waals surface area (Å²) in [6.45, 7) is 15.4. The summed E-state index contributed by atoms with van der Waals surface area (Å²) < 4.78 is 0. The number of aliphatic carboxylic acids is 1. The molecule has 0 saturated carbocycles. The molecule has 25 heteroatoms.